The fourth-order valence-electron chi connectivity index (χ4n) is 5.03. The molecule has 5 aromatic rings. The van der Waals surface area contributed by atoms with Gasteiger partial charge < -0.3 is 0 Å². The van der Waals surface area contributed by atoms with Gasteiger partial charge in [0.2, 0.25) is 0 Å². The van der Waals surface area contributed by atoms with Crippen LogP contribution in [0.4, 0.5) is 0 Å². The van der Waals surface area contributed by atoms with Gasteiger partial charge in [-0.15, -0.1) is 0 Å². The zero-order valence-electron chi connectivity index (χ0n) is 19.1. The Balaban J connectivity index is 1.57. The molecule has 0 radical (unpaired) electrons. The lowest BCUT2D eigenvalue weighted by molar-refractivity contribution is 0.607. The van der Waals surface area contributed by atoms with E-state index in [1.807, 2.05) is 0 Å². The molecule has 0 amide bonds. The van der Waals surface area contributed by atoms with Crippen LogP contribution >= 0.6 is 0 Å². The molecule has 160 valence electrons. The van der Waals surface area contributed by atoms with Crippen molar-refractivity contribution in [3.63, 3.8) is 0 Å². The number of hydrogen-bond acceptors (Lipinski definition) is 0. The fourth-order valence-corrected chi connectivity index (χ4v) is 5.03. The lowest BCUT2D eigenvalue weighted by Gasteiger charge is -2.14. The van der Waals surface area contributed by atoms with Crippen LogP contribution in [-0.2, 0) is 6.42 Å². The largest absolute Gasteiger partial charge is 0.0654 e. The monoisotopic (exact) mass is 416 g/mol. The molecule has 32 heavy (non-hydrogen) atoms. The van der Waals surface area contributed by atoms with E-state index in [4.69, 9.17) is 0 Å². The van der Waals surface area contributed by atoms with Gasteiger partial charge in [-0.2, -0.15) is 0 Å². The van der Waals surface area contributed by atoms with Gasteiger partial charge >= 0.3 is 0 Å². The Hall–Kier alpha value is -3.12. The molecule has 0 saturated heterocycles. The van der Waals surface area contributed by atoms with Crippen LogP contribution in [0.15, 0.2) is 91.0 Å². The van der Waals surface area contributed by atoms with Crippen molar-refractivity contribution in [2.24, 2.45) is 0 Å². The van der Waals surface area contributed by atoms with E-state index in [-0.39, 0.29) is 0 Å². The topological polar surface area (TPSA) is 0 Å². The smallest absolute Gasteiger partial charge is 0.00265 e. The molecular formula is C32H32. The van der Waals surface area contributed by atoms with Gasteiger partial charge in [0.1, 0.15) is 0 Å². The highest BCUT2D eigenvalue weighted by atomic mass is 14.1. The molecule has 0 aliphatic heterocycles. The predicted octanol–water partition coefficient (Wildman–Crippen LogP) is 9.72. The summed E-state index contributed by atoms with van der Waals surface area (Å²) in [7, 11) is 0. The van der Waals surface area contributed by atoms with E-state index in [9.17, 15) is 0 Å². The highest BCUT2D eigenvalue weighted by Gasteiger charge is 2.11. The normalized spacial score (nSPS) is 11.5. The van der Waals surface area contributed by atoms with Gasteiger partial charge in [-0.1, -0.05) is 118 Å². The zero-order chi connectivity index (χ0) is 21.8. The number of unbranched alkanes of at least 4 members (excludes halogenated alkanes) is 5. The highest BCUT2D eigenvalue weighted by molar-refractivity contribution is 6.13. The van der Waals surface area contributed by atoms with Crippen LogP contribution in [0.25, 0.3) is 43.4 Å². The maximum Gasteiger partial charge on any atom is -0.00265 e. The first-order chi connectivity index (χ1) is 15.8. The molecule has 0 spiro atoms. The average Bonchev–Trinajstić information content (AvgIpc) is 2.84. The summed E-state index contributed by atoms with van der Waals surface area (Å²) in [6.45, 7) is 2.28. The summed E-state index contributed by atoms with van der Waals surface area (Å²) >= 11 is 0. The van der Waals surface area contributed by atoms with Gasteiger partial charge in [0.15, 0.2) is 0 Å². The molecule has 0 nitrogen and oxygen atoms in total. The van der Waals surface area contributed by atoms with E-state index in [0.717, 1.165) is 0 Å². The molecular weight excluding hydrogens is 384 g/mol. The van der Waals surface area contributed by atoms with Crippen LogP contribution in [0.2, 0.25) is 0 Å². The standard InChI is InChI=1S/C32H32/c1-2-3-4-5-6-7-12-24-17-18-28-23-27-15-10-11-16-30(27)32(31(28)21-24)29-20-19-25-13-8-9-14-26(25)22-29/h8-11,13-23H,2-7,12H2,1H3. The molecule has 0 aliphatic rings. The highest BCUT2D eigenvalue weighted by Crippen LogP contribution is 2.38. The lowest BCUT2D eigenvalue weighted by atomic mass is 9.89. The van der Waals surface area contributed by atoms with Crippen molar-refractivity contribution < 1.29 is 0 Å². The molecule has 0 fully saturated rings. The molecule has 0 unspecified atom stereocenters. The summed E-state index contributed by atoms with van der Waals surface area (Å²) in [5, 5.41) is 7.96. The van der Waals surface area contributed by atoms with E-state index in [1.54, 1.807) is 0 Å². The van der Waals surface area contributed by atoms with Crippen molar-refractivity contribution >= 4 is 32.3 Å². The Morgan fingerprint density at radius 1 is 0.500 bits per heavy atom. The number of rotatable bonds is 8. The van der Waals surface area contributed by atoms with Gasteiger partial charge in [0.05, 0.1) is 0 Å². The summed E-state index contributed by atoms with van der Waals surface area (Å²) < 4.78 is 0. The molecule has 0 aliphatic carbocycles. The second kappa shape index (κ2) is 9.57. The van der Waals surface area contributed by atoms with Gasteiger partial charge in [-0.3, -0.25) is 0 Å². The SMILES string of the molecule is CCCCCCCCc1ccc2cc3ccccc3c(-c3ccc4ccccc4c3)c2c1. The molecule has 5 rings (SSSR count). The van der Waals surface area contributed by atoms with E-state index in [1.165, 1.54) is 94.0 Å². The number of hydrogen-bond donors (Lipinski definition) is 0. The molecule has 0 saturated carbocycles. The van der Waals surface area contributed by atoms with E-state index in [2.05, 4.69) is 97.9 Å². The van der Waals surface area contributed by atoms with E-state index >= 15 is 0 Å². The molecule has 5 aromatic carbocycles. The summed E-state index contributed by atoms with van der Waals surface area (Å²) in [5.74, 6) is 0. The van der Waals surface area contributed by atoms with Crippen LogP contribution in [0.1, 0.15) is 51.0 Å². The predicted molar refractivity (Wildman–Crippen MR) is 141 cm³/mol. The molecule has 0 heterocycles. The van der Waals surface area contributed by atoms with E-state index < -0.39 is 0 Å². The first-order valence-electron chi connectivity index (χ1n) is 12.3. The fraction of sp³-hybridized carbons (Fsp3) is 0.250. The Morgan fingerprint density at radius 3 is 2.06 bits per heavy atom. The summed E-state index contributed by atoms with van der Waals surface area (Å²) in [6.07, 6.45) is 9.24. The van der Waals surface area contributed by atoms with E-state index in [0.29, 0.717) is 0 Å². The summed E-state index contributed by atoms with van der Waals surface area (Å²) in [5.41, 5.74) is 4.14. The molecule has 0 bridgehead atoms. The van der Waals surface area contributed by atoms with Gasteiger partial charge in [-0.25, -0.2) is 0 Å². The van der Waals surface area contributed by atoms with Crippen LogP contribution in [-0.4, -0.2) is 0 Å². The van der Waals surface area contributed by atoms with Gasteiger partial charge in [0, 0.05) is 0 Å². The second-order valence-corrected chi connectivity index (χ2v) is 9.11. The van der Waals surface area contributed by atoms with Crippen molar-refractivity contribution in [2.45, 2.75) is 51.9 Å². The maximum absolute atomic E-state index is 2.46. The molecule has 0 atom stereocenters. The van der Waals surface area contributed by atoms with Crippen molar-refractivity contribution in [2.75, 3.05) is 0 Å². The van der Waals surface area contributed by atoms with Crippen molar-refractivity contribution in [1.82, 2.24) is 0 Å². The van der Waals surface area contributed by atoms with Crippen molar-refractivity contribution in [3.8, 4) is 11.1 Å². The average molecular weight is 417 g/mol. The summed E-state index contributed by atoms with van der Waals surface area (Å²) in [6, 6.07) is 33.9. The quantitative estimate of drug-likeness (QED) is 0.174. The number of fused-ring (bicyclic) bond motifs is 3. The minimum atomic E-state index is 1.17. The van der Waals surface area contributed by atoms with Crippen LogP contribution in [0.5, 0.6) is 0 Å². The third-order valence-corrected chi connectivity index (χ3v) is 6.79. The third-order valence-electron chi connectivity index (χ3n) is 6.79. The third kappa shape index (κ3) is 4.28. The lowest BCUT2D eigenvalue weighted by Crippen LogP contribution is -1.90. The first kappa shape index (κ1) is 20.8. The van der Waals surface area contributed by atoms with Crippen LogP contribution < -0.4 is 0 Å². The second-order valence-electron chi connectivity index (χ2n) is 9.11. The summed E-state index contributed by atoms with van der Waals surface area (Å²) in [4.78, 5) is 0. The zero-order valence-corrected chi connectivity index (χ0v) is 19.1. The Kier molecular flexibility index (Phi) is 6.21. The van der Waals surface area contributed by atoms with Crippen LogP contribution in [0, 0.1) is 0 Å². The van der Waals surface area contributed by atoms with Crippen molar-refractivity contribution in [3.05, 3.63) is 96.6 Å². The Labute approximate surface area is 191 Å². The Bertz CT molecular complexity index is 1360. The van der Waals surface area contributed by atoms with Gasteiger partial charge in [-0.05, 0) is 74.0 Å². The molecule has 0 N–H and O–H groups in total. The minimum Gasteiger partial charge on any atom is -0.0654 e. The Morgan fingerprint density at radius 2 is 1.19 bits per heavy atom. The first-order valence-corrected chi connectivity index (χ1v) is 12.3. The van der Waals surface area contributed by atoms with Crippen molar-refractivity contribution in [1.29, 1.82) is 0 Å². The maximum atomic E-state index is 2.46. The molecule has 0 aromatic heterocycles. The minimum absolute atomic E-state index is 1.17. The van der Waals surface area contributed by atoms with Crippen LogP contribution in [0.3, 0.4) is 0 Å². The van der Waals surface area contributed by atoms with Gasteiger partial charge in [0.25, 0.3) is 0 Å². The number of benzene rings is 5. The number of aryl methyl sites for hydroxylation is 1. The molecule has 0 heteroatoms.